The van der Waals surface area contributed by atoms with Crippen molar-refractivity contribution in [3.05, 3.63) is 49.1 Å². The molecular weight excluding hydrogens is 398 g/mol. The number of methoxy groups -OCH3 is 2. The van der Waals surface area contributed by atoms with Crippen LogP contribution in [0.5, 0.6) is 17.2 Å². The lowest BCUT2D eigenvalue weighted by Crippen LogP contribution is -2.42. The molecule has 0 atom stereocenters. The molecule has 0 bridgehead atoms. The maximum Gasteiger partial charge on any atom is 0.323 e. The summed E-state index contributed by atoms with van der Waals surface area (Å²) in [7, 11) is 3.03. The van der Waals surface area contributed by atoms with Crippen LogP contribution >= 0.6 is 0 Å². The van der Waals surface area contributed by atoms with Crippen LogP contribution in [0.25, 0.3) is 0 Å². The fourth-order valence-corrected chi connectivity index (χ4v) is 3.31. The van der Waals surface area contributed by atoms with E-state index in [0.29, 0.717) is 40.9 Å². The van der Waals surface area contributed by atoms with Crippen LogP contribution < -0.4 is 29.7 Å². The smallest absolute Gasteiger partial charge is 0.323 e. The van der Waals surface area contributed by atoms with Gasteiger partial charge in [0.25, 0.3) is 0 Å². The van der Waals surface area contributed by atoms with E-state index >= 15 is 0 Å². The minimum atomic E-state index is -0.685. The van der Waals surface area contributed by atoms with Gasteiger partial charge in [-0.15, -0.1) is 6.58 Å². The third-order valence-corrected chi connectivity index (χ3v) is 4.88. The first-order valence-electron chi connectivity index (χ1n) is 9.79. The molecule has 0 spiro atoms. The fraction of sp³-hybridized carbons (Fsp3) is 0.304. The van der Waals surface area contributed by atoms with Gasteiger partial charge >= 0.3 is 6.03 Å². The fourth-order valence-electron chi connectivity index (χ4n) is 3.31. The average molecular weight is 425 g/mol. The van der Waals surface area contributed by atoms with E-state index in [1.54, 1.807) is 47.4 Å². The number of amides is 3. The van der Waals surface area contributed by atoms with Crippen molar-refractivity contribution in [2.24, 2.45) is 5.41 Å². The number of para-hydroxylation sites is 1. The van der Waals surface area contributed by atoms with Gasteiger partial charge in [-0.05, 0) is 38.1 Å². The number of rotatable bonds is 6. The number of ether oxygens (including phenoxy) is 3. The lowest BCUT2D eigenvalue weighted by molar-refractivity contribution is -0.127. The first-order chi connectivity index (χ1) is 14.8. The zero-order chi connectivity index (χ0) is 22.6. The maximum absolute atomic E-state index is 12.9. The molecule has 2 aromatic rings. The minimum Gasteiger partial charge on any atom is -0.493 e. The van der Waals surface area contributed by atoms with Crippen molar-refractivity contribution in [2.75, 3.05) is 42.9 Å². The number of carbonyl (C=O) groups excluding carboxylic acids is 2. The second-order valence-electron chi connectivity index (χ2n) is 7.68. The maximum atomic E-state index is 12.9. The van der Waals surface area contributed by atoms with Crippen molar-refractivity contribution in [1.29, 1.82) is 0 Å². The third-order valence-electron chi connectivity index (χ3n) is 4.88. The summed E-state index contributed by atoms with van der Waals surface area (Å²) in [6, 6.07) is 9.90. The van der Waals surface area contributed by atoms with E-state index in [9.17, 15) is 9.59 Å². The van der Waals surface area contributed by atoms with Crippen LogP contribution in [0.2, 0.25) is 0 Å². The van der Waals surface area contributed by atoms with Gasteiger partial charge in [0.15, 0.2) is 11.5 Å². The zero-order valence-electron chi connectivity index (χ0n) is 18.2. The third kappa shape index (κ3) is 4.58. The molecule has 1 aliphatic heterocycles. The summed E-state index contributed by atoms with van der Waals surface area (Å²) in [6.07, 6.45) is 1.67. The van der Waals surface area contributed by atoms with Crippen molar-refractivity contribution in [2.45, 2.75) is 13.8 Å². The quantitative estimate of drug-likeness (QED) is 0.674. The van der Waals surface area contributed by atoms with Gasteiger partial charge in [-0.2, -0.15) is 0 Å². The normalized spacial score (nSPS) is 14.6. The number of hydrogen-bond acceptors (Lipinski definition) is 5. The number of nitrogens with one attached hydrogen (secondary N) is 2. The molecule has 1 aliphatic rings. The molecule has 2 aromatic carbocycles. The van der Waals surface area contributed by atoms with E-state index in [2.05, 4.69) is 17.2 Å². The Morgan fingerprint density at radius 2 is 2.00 bits per heavy atom. The number of anilines is 3. The second kappa shape index (κ2) is 8.99. The summed E-state index contributed by atoms with van der Waals surface area (Å²) in [6.45, 7) is 8.01. The van der Waals surface area contributed by atoms with Crippen LogP contribution in [-0.4, -0.2) is 39.3 Å². The largest absolute Gasteiger partial charge is 0.493 e. The van der Waals surface area contributed by atoms with E-state index in [1.807, 2.05) is 13.8 Å². The lowest BCUT2D eigenvalue weighted by atomic mass is 9.93. The van der Waals surface area contributed by atoms with Crippen molar-refractivity contribution in [3.63, 3.8) is 0 Å². The Bertz CT molecular complexity index is 1000. The Morgan fingerprint density at radius 1 is 1.23 bits per heavy atom. The molecule has 0 fully saturated rings. The number of nitrogens with zero attached hydrogens (tertiary/aromatic N) is 1. The molecule has 0 aromatic heterocycles. The van der Waals surface area contributed by atoms with Gasteiger partial charge in [-0.3, -0.25) is 4.79 Å². The monoisotopic (exact) mass is 425 g/mol. The van der Waals surface area contributed by atoms with Crippen molar-refractivity contribution >= 4 is 29.0 Å². The Labute approximate surface area is 181 Å². The summed E-state index contributed by atoms with van der Waals surface area (Å²) in [5.74, 6) is 1.40. The molecule has 0 unspecified atom stereocenters. The van der Waals surface area contributed by atoms with Gasteiger partial charge in [-0.25, -0.2) is 4.79 Å². The Morgan fingerprint density at radius 3 is 2.68 bits per heavy atom. The molecule has 2 N–H and O–H groups in total. The molecule has 0 aliphatic carbocycles. The molecular formula is C23H27N3O5. The van der Waals surface area contributed by atoms with Gasteiger partial charge < -0.3 is 29.7 Å². The van der Waals surface area contributed by atoms with E-state index in [-0.39, 0.29) is 12.5 Å². The van der Waals surface area contributed by atoms with E-state index in [4.69, 9.17) is 14.2 Å². The molecule has 31 heavy (non-hydrogen) atoms. The van der Waals surface area contributed by atoms with Gasteiger partial charge in [0.2, 0.25) is 5.91 Å². The first-order valence-corrected chi connectivity index (χ1v) is 9.79. The molecule has 0 saturated heterocycles. The Hall–Kier alpha value is -3.68. The number of carbonyl (C=O) groups is 2. The Balaban J connectivity index is 1.82. The predicted molar refractivity (Wildman–Crippen MR) is 120 cm³/mol. The second-order valence-corrected chi connectivity index (χ2v) is 7.68. The summed E-state index contributed by atoms with van der Waals surface area (Å²) < 4.78 is 16.5. The van der Waals surface area contributed by atoms with Gasteiger partial charge in [-0.1, -0.05) is 12.1 Å². The van der Waals surface area contributed by atoms with Crippen LogP contribution in [0.3, 0.4) is 0 Å². The highest BCUT2D eigenvalue weighted by molar-refractivity contribution is 6.02. The molecule has 0 radical (unpaired) electrons. The van der Waals surface area contributed by atoms with Crippen LogP contribution in [-0.2, 0) is 4.79 Å². The average Bonchev–Trinajstić information content (AvgIpc) is 2.83. The summed E-state index contributed by atoms with van der Waals surface area (Å²) >= 11 is 0. The Kier molecular flexibility index (Phi) is 6.39. The number of hydrogen-bond donors (Lipinski definition) is 2. The molecule has 3 rings (SSSR count). The standard InChI is InChI=1S/C23H27N3O5/c1-6-12-26-17-11-10-15(13-19(17)31-14-23(2,3)21(26)27)24-22(28)25-16-8-7-9-18(29-4)20(16)30-5/h6-11,13H,1,12,14H2,2-5H3,(H2,24,25,28). The molecule has 164 valence electrons. The summed E-state index contributed by atoms with van der Waals surface area (Å²) in [4.78, 5) is 27.1. The highest BCUT2D eigenvalue weighted by Crippen LogP contribution is 2.38. The molecule has 8 heteroatoms. The summed E-state index contributed by atoms with van der Waals surface area (Å²) in [5, 5.41) is 5.53. The number of benzene rings is 2. The topological polar surface area (TPSA) is 89.1 Å². The number of urea groups is 1. The van der Waals surface area contributed by atoms with Crippen LogP contribution in [0.4, 0.5) is 21.9 Å². The van der Waals surface area contributed by atoms with Crippen LogP contribution in [0.1, 0.15) is 13.8 Å². The van der Waals surface area contributed by atoms with E-state index in [1.165, 1.54) is 14.2 Å². The summed E-state index contributed by atoms with van der Waals surface area (Å²) in [5.41, 5.74) is 0.935. The lowest BCUT2D eigenvalue weighted by Gasteiger charge is -2.27. The van der Waals surface area contributed by atoms with E-state index in [0.717, 1.165) is 0 Å². The molecule has 0 saturated carbocycles. The van der Waals surface area contributed by atoms with E-state index < -0.39 is 11.4 Å². The predicted octanol–water partition coefficient (Wildman–Crippen LogP) is 4.29. The number of fused-ring (bicyclic) bond motifs is 1. The van der Waals surface area contributed by atoms with Crippen molar-refractivity contribution < 1.29 is 23.8 Å². The highest BCUT2D eigenvalue weighted by atomic mass is 16.5. The highest BCUT2D eigenvalue weighted by Gasteiger charge is 2.37. The van der Waals surface area contributed by atoms with Crippen LogP contribution in [0.15, 0.2) is 49.1 Å². The SMILES string of the molecule is C=CCN1C(=O)C(C)(C)COc2cc(NC(=O)Nc3cccc(OC)c3OC)ccc21. The minimum absolute atomic E-state index is 0.0466. The van der Waals surface area contributed by atoms with Crippen LogP contribution in [0, 0.1) is 5.41 Å². The molecule has 8 nitrogen and oxygen atoms in total. The van der Waals surface area contributed by atoms with Crippen molar-refractivity contribution in [3.8, 4) is 17.2 Å². The zero-order valence-corrected chi connectivity index (χ0v) is 18.2. The van der Waals surface area contributed by atoms with Gasteiger partial charge in [0.05, 0.1) is 31.0 Å². The molecule has 3 amide bonds. The first kappa shape index (κ1) is 22.0. The molecule has 1 heterocycles. The van der Waals surface area contributed by atoms with Gasteiger partial charge in [0, 0.05) is 18.3 Å². The van der Waals surface area contributed by atoms with Gasteiger partial charge in [0.1, 0.15) is 12.4 Å². The van der Waals surface area contributed by atoms with Crippen molar-refractivity contribution in [1.82, 2.24) is 0 Å².